The number of likely N-dealkylation sites (tertiary alicyclic amines) is 1. The highest BCUT2D eigenvalue weighted by Gasteiger charge is 2.38. The normalized spacial score (nSPS) is 18.1. The Morgan fingerprint density at radius 2 is 1.89 bits per heavy atom. The lowest BCUT2D eigenvalue weighted by atomic mass is 9.82. The van der Waals surface area contributed by atoms with Crippen LogP contribution in [0.15, 0.2) is 0 Å². The third-order valence-electron chi connectivity index (χ3n) is 3.14. The maximum absolute atomic E-state index is 11.9. The minimum Gasteiger partial charge on any atom is -0.343 e. The monoisotopic (exact) mass is 265 g/mol. The molecule has 6 heteroatoms. The number of hydrogen-bond acceptors (Lipinski definition) is 4. The van der Waals surface area contributed by atoms with Crippen molar-refractivity contribution in [1.29, 1.82) is 5.26 Å². The molecule has 0 bridgehead atoms. The van der Waals surface area contributed by atoms with E-state index in [1.165, 1.54) is 4.90 Å². The molecule has 0 aromatic heterocycles. The van der Waals surface area contributed by atoms with E-state index in [0.717, 1.165) is 4.90 Å². The second kappa shape index (κ2) is 5.83. The van der Waals surface area contributed by atoms with Crippen molar-refractivity contribution in [2.75, 3.05) is 20.1 Å². The summed E-state index contributed by atoms with van der Waals surface area (Å²) in [7, 11) is 1.56. The van der Waals surface area contributed by atoms with Crippen LogP contribution in [0.4, 0.5) is 0 Å². The molecule has 1 aliphatic rings. The first kappa shape index (κ1) is 15.2. The molecule has 1 heterocycles. The number of hydrogen-bond donors (Lipinski definition) is 0. The first-order valence-corrected chi connectivity index (χ1v) is 6.21. The molecule has 0 aromatic rings. The second-order valence-electron chi connectivity index (χ2n) is 5.61. The van der Waals surface area contributed by atoms with E-state index >= 15 is 0 Å². The van der Waals surface area contributed by atoms with E-state index in [1.807, 2.05) is 19.9 Å². The van der Waals surface area contributed by atoms with Crippen LogP contribution in [0.1, 0.15) is 33.1 Å². The molecule has 0 aromatic carbocycles. The minimum absolute atomic E-state index is 0.227. The van der Waals surface area contributed by atoms with E-state index in [-0.39, 0.29) is 48.9 Å². The Labute approximate surface area is 113 Å². The molecule has 0 saturated carbocycles. The Balaban J connectivity index is 2.62. The van der Waals surface area contributed by atoms with Gasteiger partial charge in [-0.05, 0) is 5.41 Å². The molecule has 19 heavy (non-hydrogen) atoms. The molecule has 1 fully saturated rings. The number of nitriles is 1. The van der Waals surface area contributed by atoms with Crippen LogP contribution in [0, 0.1) is 16.7 Å². The van der Waals surface area contributed by atoms with Crippen LogP contribution in [0.3, 0.4) is 0 Å². The fourth-order valence-electron chi connectivity index (χ4n) is 1.99. The van der Waals surface area contributed by atoms with Crippen molar-refractivity contribution in [1.82, 2.24) is 9.80 Å². The molecule has 104 valence electrons. The van der Waals surface area contributed by atoms with Gasteiger partial charge in [-0.15, -0.1) is 0 Å². The quantitative estimate of drug-likeness (QED) is 0.694. The Hall–Kier alpha value is -1.90. The highest BCUT2D eigenvalue weighted by atomic mass is 16.2. The molecule has 1 rings (SSSR count). The van der Waals surface area contributed by atoms with Gasteiger partial charge in [-0.2, -0.15) is 5.26 Å². The standard InChI is InChI=1S/C13H19N3O3/c1-13(2)7-10(17)16(11(18)8-13)9-12(19)15(3)6-4-5-14/h4,6-9H2,1-3H3. The van der Waals surface area contributed by atoms with Crippen LogP contribution >= 0.6 is 0 Å². The van der Waals surface area contributed by atoms with Crippen LogP contribution in [-0.4, -0.2) is 47.7 Å². The molecule has 0 aliphatic carbocycles. The highest BCUT2D eigenvalue weighted by Crippen LogP contribution is 2.31. The van der Waals surface area contributed by atoms with Gasteiger partial charge in [0.15, 0.2) is 0 Å². The average molecular weight is 265 g/mol. The number of piperidine rings is 1. The summed E-state index contributed by atoms with van der Waals surface area (Å²) in [6, 6.07) is 1.94. The van der Waals surface area contributed by atoms with Crippen molar-refractivity contribution < 1.29 is 14.4 Å². The number of carbonyl (C=O) groups excluding carboxylic acids is 3. The van der Waals surface area contributed by atoms with Gasteiger partial charge >= 0.3 is 0 Å². The number of rotatable bonds is 4. The number of nitrogens with zero attached hydrogens (tertiary/aromatic N) is 3. The van der Waals surface area contributed by atoms with Crippen molar-refractivity contribution in [3.05, 3.63) is 0 Å². The zero-order valence-corrected chi connectivity index (χ0v) is 11.6. The van der Waals surface area contributed by atoms with Crippen LogP contribution in [0.25, 0.3) is 0 Å². The van der Waals surface area contributed by atoms with Crippen molar-refractivity contribution in [3.63, 3.8) is 0 Å². The Morgan fingerprint density at radius 1 is 1.37 bits per heavy atom. The van der Waals surface area contributed by atoms with Crippen molar-refractivity contribution in [3.8, 4) is 6.07 Å². The molecular formula is C13H19N3O3. The summed E-state index contributed by atoms with van der Waals surface area (Å²) in [5, 5.41) is 8.45. The van der Waals surface area contributed by atoms with Crippen molar-refractivity contribution in [2.24, 2.45) is 5.41 Å². The molecule has 1 aliphatic heterocycles. The van der Waals surface area contributed by atoms with Crippen LogP contribution in [0.2, 0.25) is 0 Å². The third-order valence-corrected chi connectivity index (χ3v) is 3.14. The summed E-state index contributed by atoms with van der Waals surface area (Å²) < 4.78 is 0. The zero-order valence-electron chi connectivity index (χ0n) is 11.6. The van der Waals surface area contributed by atoms with E-state index < -0.39 is 0 Å². The number of imide groups is 1. The van der Waals surface area contributed by atoms with E-state index in [2.05, 4.69) is 0 Å². The van der Waals surface area contributed by atoms with E-state index in [1.54, 1.807) is 7.05 Å². The molecular weight excluding hydrogens is 246 g/mol. The Kier molecular flexibility index (Phi) is 4.65. The van der Waals surface area contributed by atoms with Crippen molar-refractivity contribution in [2.45, 2.75) is 33.1 Å². The van der Waals surface area contributed by atoms with Gasteiger partial charge in [0.25, 0.3) is 0 Å². The minimum atomic E-state index is -0.333. The Bertz CT molecular complexity index is 417. The fraction of sp³-hybridized carbons (Fsp3) is 0.692. The molecule has 0 unspecified atom stereocenters. The van der Waals surface area contributed by atoms with Gasteiger partial charge in [-0.1, -0.05) is 13.8 Å². The zero-order chi connectivity index (χ0) is 14.6. The maximum atomic E-state index is 11.9. The van der Waals surface area contributed by atoms with E-state index in [4.69, 9.17) is 5.26 Å². The van der Waals surface area contributed by atoms with Crippen LogP contribution in [-0.2, 0) is 14.4 Å². The lowest BCUT2D eigenvalue weighted by Crippen LogP contribution is -2.50. The summed E-state index contributed by atoms with van der Waals surface area (Å²) >= 11 is 0. The van der Waals surface area contributed by atoms with Gasteiger partial charge in [-0.25, -0.2) is 0 Å². The summed E-state index contributed by atoms with van der Waals surface area (Å²) in [5.74, 6) is -0.928. The summed E-state index contributed by atoms with van der Waals surface area (Å²) in [6.07, 6.45) is 0.777. The maximum Gasteiger partial charge on any atom is 0.242 e. The first-order valence-electron chi connectivity index (χ1n) is 6.21. The van der Waals surface area contributed by atoms with Gasteiger partial charge in [0.2, 0.25) is 17.7 Å². The van der Waals surface area contributed by atoms with Gasteiger partial charge < -0.3 is 4.90 Å². The number of carbonyl (C=O) groups is 3. The molecule has 3 amide bonds. The van der Waals surface area contributed by atoms with Crippen LogP contribution in [0.5, 0.6) is 0 Å². The average Bonchev–Trinajstić information content (AvgIpc) is 2.29. The summed E-state index contributed by atoms with van der Waals surface area (Å²) in [5.41, 5.74) is -0.333. The van der Waals surface area contributed by atoms with Gasteiger partial charge in [-0.3, -0.25) is 19.3 Å². The van der Waals surface area contributed by atoms with E-state index in [9.17, 15) is 14.4 Å². The van der Waals surface area contributed by atoms with E-state index in [0.29, 0.717) is 6.54 Å². The fourth-order valence-corrected chi connectivity index (χ4v) is 1.99. The summed E-state index contributed by atoms with van der Waals surface area (Å²) in [4.78, 5) is 38.0. The largest absolute Gasteiger partial charge is 0.343 e. The Morgan fingerprint density at radius 3 is 2.37 bits per heavy atom. The summed E-state index contributed by atoms with van der Waals surface area (Å²) in [6.45, 7) is 3.80. The molecule has 0 atom stereocenters. The van der Waals surface area contributed by atoms with Gasteiger partial charge in [0.05, 0.1) is 12.5 Å². The molecule has 1 saturated heterocycles. The third kappa shape index (κ3) is 4.05. The lowest BCUT2D eigenvalue weighted by molar-refractivity contribution is -0.156. The highest BCUT2D eigenvalue weighted by molar-refractivity contribution is 6.01. The first-order chi connectivity index (χ1) is 8.76. The van der Waals surface area contributed by atoms with Crippen molar-refractivity contribution >= 4 is 17.7 Å². The topological polar surface area (TPSA) is 81.5 Å². The molecule has 0 N–H and O–H groups in total. The van der Waals surface area contributed by atoms with Crippen LogP contribution < -0.4 is 0 Å². The van der Waals surface area contributed by atoms with Gasteiger partial charge in [0, 0.05) is 26.4 Å². The predicted octanol–water partition coefficient (Wildman–Crippen LogP) is 0.534. The molecule has 0 radical (unpaired) electrons. The smallest absolute Gasteiger partial charge is 0.242 e. The molecule has 0 spiro atoms. The second-order valence-corrected chi connectivity index (χ2v) is 5.61. The van der Waals surface area contributed by atoms with Gasteiger partial charge in [0.1, 0.15) is 6.54 Å². The molecule has 6 nitrogen and oxygen atoms in total. The predicted molar refractivity (Wildman–Crippen MR) is 67.6 cm³/mol. The number of likely N-dealkylation sites (N-methyl/N-ethyl adjacent to an activating group) is 1. The lowest BCUT2D eigenvalue weighted by Gasteiger charge is -2.34. The SMILES string of the molecule is CN(CCC#N)C(=O)CN1C(=O)CC(C)(C)CC1=O. The number of amides is 3.